The molecule has 1 aliphatic carbocycles. The van der Waals surface area contributed by atoms with Crippen molar-refractivity contribution in [2.24, 2.45) is 11.8 Å². The van der Waals surface area contributed by atoms with Gasteiger partial charge in [0.25, 0.3) is 6.92 Å². The van der Waals surface area contributed by atoms with Crippen LogP contribution in [0.1, 0.15) is 12.8 Å². The van der Waals surface area contributed by atoms with Gasteiger partial charge < -0.3 is 4.65 Å². The second-order valence-electron chi connectivity index (χ2n) is 4.35. The van der Waals surface area contributed by atoms with Gasteiger partial charge in [-0.25, -0.2) is 0 Å². The molecule has 0 amide bonds. The molecule has 0 aromatic carbocycles. The van der Waals surface area contributed by atoms with E-state index in [1.807, 2.05) is 7.11 Å². The Bertz CT molecular complexity index is 217. The van der Waals surface area contributed by atoms with Crippen molar-refractivity contribution in [2.45, 2.75) is 25.5 Å². The molecule has 1 fully saturated rings. The first-order valence-corrected chi connectivity index (χ1v) is 5.63. The smallest absolute Gasteiger partial charge is 0.293 e. The van der Waals surface area contributed by atoms with E-state index < -0.39 is 0 Å². The summed E-state index contributed by atoms with van der Waals surface area (Å²) in [6.45, 7) is 0.497. The number of hydrogen-bond donors (Lipinski definition) is 0. The Morgan fingerprint density at radius 3 is 3.08 bits per heavy atom. The zero-order chi connectivity index (χ0) is 9.26. The molecular weight excluding hydrogens is 182 g/mol. The van der Waals surface area contributed by atoms with E-state index in [-0.39, 0.29) is 0 Å². The van der Waals surface area contributed by atoms with E-state index >= 15 is 0 Å². The van der Waals surface area contributed by atoms with Gasteiger partial charge >= 0.3 is 0 Å². The molecule has 2 bridgehead atoms. The van der Waals surface area contributed by atoms with Crippen molar-refractivity contribution in [3.63, 3.8) is 0 Å². The third-order valence-corrected chi connectivity index (χ3v) is 3.67. The summed E-state index contributed by atoms with van der Waals surface area (Å²) in [4.78, 5) is 0. The van der Waals surface area contributed by atoms with E-state index in [4.69, 9.17) is 16.3 Å². The summed E-state index contributed by atoms with van der Waals surface area (Å²) in [5, 5.41) is 0. The van der Waals surface area contributed by atoms with E-state index in [1.165, 1.54) is 31.1 Å². The highest BCUT2D eigenvalue weighted by Crippen LogP contribution is 2.39. The van der Waals surface area contributed by atoms with Gasteiger partial charge in [-0.2, -0.15) is 0 Å². The third-order valence-electron chi connectivity index (χ3n) is 3.33. The lowest BCUT2D eigenvalue weighted by Gasteiger charge is -2.35. The van der Waals surface area contributed by atoms with Crippen LogP contribution in [0, 0.1) is 11.8 Å². The highest BCUT2D eigenvalue weighted by Gasteiger charge is 2.34. The normalized spacial score (nSPS) is 33.1. The Kier molecular flexibility index (Phi) is 3.00. The minimum atomic E-state index is 0.497. The fourth-order valence-electron chi connectivity index (χ4n) is 2.79. The molecule has 0 aromatic rings. The topological polar surface area (TPSA) is 9.23 Å². The maximum absolute atomic E-state index is 5.86. The highest BCUT2D eigenvalue weighted by molar-refractivity contribution is 6.52. The number of halogens is 1. The van der Waals surface area contributed by atoms with Crippen molar-refractivity contribution in [3.8, 4) is 0 Å². The van der Waals surface area contributed by atoms with Crippen LogP contribution in [0.15, 0.2) is 11.6 Å². The zero-order valence-corrected chi connectivity index (χ0v) is 8.89. The van der Waals surface area contributed by atoms with Crippen LogP contribution < -0.4 is 0 Å². The van der Waals surface area contributed by atoms with Gasteiger partial charge in [0.15, 0.2) is 0 Å². The molecule has 0 radical (unpaired) electrons. The fraction of sp³-hybridized carbons (Fsp3) is 0.800. The minimum absolute atomic E-state index is 0.497. The molecule has 2 atom stereocenters. The van der Waals surface area contributed by atoms with Gasteiger partial charge in [-0.1, -0.05) is 11.6 Å². The summed E-state index contributed by atoms with van der Waals surface area (Å²) >= 11 is 5.86. The maximum Gasteiger partial charge on any atom is 0.293 e. The highest BCUT2D eigenvalue weighted by atomic mass is 35.5. The summed E-state index contributed by atoms with van der Waals surface area (Å²) in [6, 6.07) is 0. The van der Waals surface area contributed by atoms with E-state index in [0.717, 1.165) is 17.7 Å². The van der Waals surface area contributed by atoms with E-state index in [9.17, 15) is 0 Å². The number of alkyl halides is 1. The lowest BCUT2D eigenvalue weighted by Crippen LogP contribution is -2.32. The molecule has 1 saturated heterocycles. The number of fused-ring (bicyclic) bond motifs is 2. The fourth-order valence-corrected chi connectivity index (χ4v) is 2.99. The number of rotatable bonds is 2. The van der Waals surface area contributed by atoms with Crippen LogP contribution in [0.4, 0.5) is 0 Å². The molecule has 0 unspecified atom stereocenters. The first-order chi connectivity index (χ1) is 6.31. The van der Waals surface area contributed by atoms with Gasteiger partial charge in [-0.15, -0.1) is 11.6 Å². The molecule has 2 rings (SSSR count). The molecule has 3 heteroatoms. The van der Waals surface area contributed by atoms with Gasteiger partial charge in [0.2, 0.25) is 0 Å². The molecule has 1 aliphatic heterocycles. The quantitative estimate of drug-likeness (QED) is 0.377. The average Bonchev–Trinajstić information content (AvgIpc) is 2.16. The molecular formula is C10H16BClO. The molecule has 0 aromatic heterocycles. The zero-order valence-electron chi connectivity index (χ0n) is 8.13. The Morgan fingerprint density at radius 1 is 1.62 bits per heavy atom. The Hall–Kier alpha value is 0.0549. The second-order valence-corrected chi connectivity index (χ2v) is 4.62. The predicted octanol–water partition coefficient (Wildman–Crippen LogP) is 2.83. The Labute approximate surface area is 85.6 Å². The monoisotopic (exact) mass is 198 g/mol. The van der Waals surface area contributed by atoms with Crippen molar-refractivity contribution < 1.29 is 4.65 Å². The molecule has 0 saturated carbocycles. The Balaban J connectivity index is 2.05. The molecule has 0 spiro atoms. The summed E-state index contributed by atoms with van der Waals surface area (Å²) in [5.41, 5.74) is 1.46. The van der Waals surface area contributed by atoms with Crippen LogP contribution in [0.5, 0.6) is 0 Å². The van der Waals surface area contributed by atoms with Crippen LogP contribution in [0.3, 0.4) is 0 Å². The SMILES string of the molecule is COB1C[C@H]2C=C(CCl)C[C@@H](C1)C2. The van der Waals surface area contributed by atoms with Gasteiger partial charge in [-0.3, -0.25) is 0 Å². The largest absolute Gasteiger partial charge is 0.438 e. The summed E-state index contributed by atoms with van der Waals surface area (Å²) in [5.74, 6) is 2.30. The summed E-state index contributed by atoms with van der Waals surface area (Å²) in [7, 11) is 1.83. The Morgan fingerprint density at radius 2 is 2.46 bits per heavy atom. The van der Waals surface area contributed by atoms with Crippen LogP contribution in [-0.2, 0) is 4.65 Å². The standard InChI is InChI=1S/C10H16BClO/c1-13-11-5-8-2-9(6-11)4-10(3-8)7-12/h3,8-9H,2,4-7H2,1H3/t8-,9+/m1/s1. The van der Waals surface area contributed by atoms with E-state index in [1.54, 1.807) is 0 Å². The van der Waals surface area contributed by atoms with Crippen LogP contribution in [-0.4, -0.2) is 19.9 Å². The van der Waals surface area contributed by atoms with Gasteiger partial charge in [0.1, 0.15) is 0 Å². The molecule has 1 heterocycles. The van der Waals surface area contributed by atoms with Gasteiger partial charge in [-0.05, 0) is 37.3 Å². The first-order valence-electron chi connectivity index (χ1n) is 5.10. The lowest BCUT2D eigenvalue weighted by molar-refractivity contribution is 0.341. The van der Waals surface area contributed by atoms with Crippen molar-refractivity contribution in [3.05, 3.63) is 11.6 Å². The van der Waals surface area contributed by atoms with Crippen molar-refractivity contribution >= 4 is 18.5 Å². The van der Waals surface area contributed by atoms with E-state index in [2.05, 4.69) is 6.08 Å². The maximum atomic E-state index is 5.86. The van der Waals surface area contributed by atoms with Crippen LogP contribution in [0.25, 0.3) is 0 Å². The lowest BCUT2D eigenvalue weighted by atomic mass is 9.48. The van der Waals surface area contributed by atoms with Crippen LogP contribution >= 0.6 is 11.6 Å². The van der Waals surface area contributed by atoms with Crippen molar-refractivity contribution in [1.29, 1.82) is 0 Å². The minimum Gasteiger partial charge on any atom is -0.438 e. The van der Waals surface area contributed by atoms with Gasteiger partial charge in [0, 0.05) is 13.0 Å². The first kappa shape index (κ1) is 9.60. The molecule has 72 valence electrons. The predicted molar refractivity (Wildman–Crippen MR) is 57.4 cm³/mol. The number of allylic oxidation sites excluding steroid dienone is 2. The van der Waals surface area contributed by atoms with Crippen molar-refractivity contribution in [1.82, 2.24) is 0 Å². The van der Waals surface area contributed by atoms with Gasteiger partial charge in [0.05, 0.1) is 0 Å². The number of hydrogen-bond acceptors (Lipinski definition) is 1. The molecule has 2 aliphatic rings. The third kappa shape index (κ3) is 2.11. The van der Waals surface area contributed by atoms with E-state index in [0.29, 0.717) is 6.92 Å². The molecule has 1 nitrogen and oxygen atoms in total. The molecule has 13 heavy (non-hydrogen) atoms. The summed E-state index contributed by atoms with van der Waals surface area (Å²) < 4.78 is 5.43. The van der Waals surface area contributed by atoms with Crippen molar-refractivity contribution in [2.75, 3.05) is 13.0 Å². The van der Waals surface area contributed by atoms with Crippen LogP contribution in [0.2, 0.25) is 12.6 Å². The average molecular weight is 199 g/mol. The summed E-state index contributed by atoms with van der Waals surface area (Å²) in [6.07, 6.45) is 7.39. The molecule has 0 N–H and O–H groups in total. The second kappa shape index (κ2) is 4.06.